The number of hydrogen-bond donors (Lipinski definition) is 1. The van der Waals surface area contributed by atoms with Crippen LogP contribution in [0.2, 0.25) is 0 Å². The Labute approximate surface area is 120 Å². The largest absolute Gasteiger partial charge is 0.338 e. The molecule has 2 heterocycles. The lowest BCUT2D eigenvalue weighted by atomic mass is 9.73. The second kappa shape index (κ2) is 5.35. The summed E-state index contributed by atoms with van der Waals surface area (Å²) in [6, 6.07) is 0.249. The SMILES string of the molecule is NCC1(C(=O)N2CCN3C(=O)CCC3C2)CCCCC1. The third-order valence-corrected chi connectivity index (χ3v) is 5.44. The van der Waals surface area contributed by atoms with E-state index in [1.807, 2.05) is 9.80 Å². The van der Waals surface area contributed by atoms with Gasteiger partial charge in [0.1, 0.15) is 0 Å². The van der Waals surface area contributed by atoms with E-state index in [1.165, 1.54) is 6.42 Å². The smallest absolute Gasteiger partial charge is 0.230 e. The van der Waals surface area contributed by atoms with E-state index in [4.69, 9.17) is 5.73 Å². The van der Waals surface area contributed by atoms with Crippen molar-refractivity contribution in [2.24, 2.45) is 11.1 Å². The Kier molecular flexibility index (Phi) is 3.71. The minimum Gasteiger partial charge on any atom is -0.338 e. The van der Waals surface area contributed by atoms with E-state index in [2.05, 4.69) is 0 Å². The van der Waals surface area contributed by atoms with Crippen LogP contribution in [0.1, 0.15) is 44.9 Å². The standard InChI is InChI=1S/C15H25N3O2/c16-11-15(6-2-1-3-7-15)14(20)17-8-9-18-12(10-17)4-5-13(18)19/h12H,1-11,16H2. The van der Waals surface area contributed by atoms with Gasteiger partial charge in [-0.05, 0) is 19.3 Å². The summed E-state index contributed by atoms with van der Waals surface area (Å²) in [5, 5.41) is 0. The van der Waals surface area contributed by atoms with Crippen LogP contribution in [0.3, 0.4) is 0 Å². The minimum absolute atomic E-state index is 0.249. The van der Waals surface area contributed by atoms with Crippen LogP contribution >= 0.6 is 0 Å². The van der Waals surface area contributed by atoms with Gasteiger partial charge < -0.3 is 15.5 Å². The number of hydrogen-bond acceptors (Lipinski definition) is 3. The maximum atomic E-state index is 12.9. The van der Waals surface area contributed by atoms with E-state index < -0.39 is 0 Å². The van der Waals surface area contributed by atoms with Crippen molar-refractivity contribution in [2.75, 3.05) is 26.2 Å². The van der Waals surface area contributed by atoms with Gasteiger partial charge in [-0.25, -0.2) is 0 Å². The molecule has 3 rings (SSSR count). The predicted molar refractivity (Wildman–Crippen MR) is 75.9 cm³/mol. The number of nitrogens with zero attached hydrogens (tertiary/aromatic N) is 2. The molecule has 1 atom stereocenters. The van der Waals surface area contributed by atoms with E-state index in [0.29, 0.717) is 32.6 Å². The lowest BCUT2D eigenvalue weighted by Crippen LogP contribution is -2.58. The molecule has 0 spiro atoms. The number of carbonyl (C=O) groups excluding carboxylic acids is 2. The van der Waals surface area contributed by atoms with Crippen molar-refractivity contribution >= 4 is 11.8 Å². The van der Waals surface area contributed by atoms with Crippen LogP contribution in [-0.4, -0.2) is 53.8 Å². The first-order valence-electron chi connectivity index (χ1n) is 7.95. The zero-order valence-electron chi connectivity index (χ0n) is 12.1. The van der Waals surface area contributed by atoms with Gasteiger partial charge in [0, 0.05) is 38.6 Å². The van der Waals surface area contributed by atoms with Crippen LogP contribution in [-0.2, 0) is 9.59 Å². The summed E-state index contributed by atoms with van der Waals surface area (Å²) in [5.74, 6) is 0.506. The van der Waals surface area contributed by atoms with Gasteiger partial charge in [0.2, 0.25) is 11.8 Å². The van der Waals surface area contributed by atoms with Gasteiger partial charge >= 0.3 is 0 Å². The summed E-state index contributed by atoms with van der Waals surface area (Å²) in [6.45, 7) is 2.57. The summed E-state index contributed by atoms with van der Waals surface area (Å²) in [5.41, 5.74) is 5.65. The van der Waals surface area contributed by atoms with E-state index in [9.17, 15) is 9.59 Å². The molecule has 3 aliphatic rings. The van der Waals surface area contributed by atoms with Gasteiger partial charge in [-0.3, -0.25) is 9.59 Å². The molecule has 0 aromatic carbocycles. The molecule has 0 aromatic rings. The number of nitrogens with two attached hydrogens (primary N) is 1. The van der Waals surface area contributed by atoms with Crippen molar-refractivity contribution in [1.29, 1.82) is 0 Å². The van der Waals surface area contributed by atoms with Crippen molar-refractivity contribution in [3.05, 3.63) is 0 Å². The highest BCUT2D eigenvalue weighted by molar-refractivity contribution is 5.84. The van der Waals surface area contributed by atoms with Crippen LogP contribution in [0, 0.1) is 5.41 Å². The lowest BCUT2D eigenvalue weighted by Gasteiger charge is -2.43. The van der Waals surface area contributed by atoms with Crippen molar-refractivity contribution in [3.63, 3.8) is 0 Å². The molecule has 1 saturated carbocycles. The molecule has 5 heteroatoms. The van der Waals surface area contributed by atoms with Crippen LogP contribution in [0.4, 0.5) is 0 Å². The Hall–Kier alpha value is -1.10. The van der Waals surface area contributed by atoms with Gasteiger partial charge in [0.25, 0.3) is 0 Å². The summed E-state index contributed by atoms with van der Waals surface area (Å²) in [6.07, 6.45) is 6.88. The highest BCUT2D eigenvalue weighted by Crippen LogP contribution is 2.38. The first kappa shape index (κ1) is 13.9. The van der Waals surface area contributed by atoms with E-state index in [-0.39, 0.29) is 23.3 Å². The lowest BCUT2D eigenvalue weighted by molar-refractivity contribution is -0.148. The number of carbonyl (C=O) groups is 2. The molecule has 1 aliphatic carbocycles. The molecule has 2 aliphatic heterocycles. The monoisotopic (exact) mass is 279 g/mol. The molecule has 0 aromatic heterocycles. The molecule has 2 saturated heterocycles. The Morgan fingerprint density at radius 2 is 2.00 bits per heavy atom. The second-order valence-corrected chi connectivity index (χ2v) is 6.58. The molecule has 1 unspecified atom stereocenters. The second-order valence-electron chi connectivity index (χ2n) is 6.58. The summed E-state index contributed by atoms with van der Waals surface area (Å²) in [7, 11) is 0. The molecular formula is C15H25N3O2. The topological polar surface area (TPSA) is 66.6 Å². The van der Waals surface area contributed by atoms with Gasteiger partial charge in [0.05, 0.1) is 5.41 Å². The average Bonchev–Trinajstić information content (AvgIpc) is 2.88. The van der Waals surface area contributed by atoms with Crippen molar-refractivity contribution < 1.29 is 9.59 Å². The van der Waals surface area contributed by atoms with E-state index in [1.54, 1.807) is 0 Å². The zero-order valence-corrected chi connectivity index (χ0v) is 12.1. The van der Waals surface area contributed by atoms with E-state index >= 15 is 0 Å². The summed E-state index contributed by atoms with van der Waals surface area (Å²) >= 11 is 0. The first-order chi connectivity index (χ1) is 9.66. The zero-order chi connectivity index (χ0) is 14.2. The van der Waals surface area contributed by atoms with Crippen molar-refractivity contribution in [2.45, 2.75) is 51.0 Å². The maximum Gasteiger partial charge on any atom is 0.230 e. The number of rotatable bonds is 2. The van der Waals surface area contributed by atoms with Gasteiger partial charge in [0.15, 0.2) is 0 Å². The third-order valence-electron chi connectivity index (χ3n) is 5.44. The Bertz CT molecular complexity index is 404. The van der Waals surface area contributed by atoms with Crippen molar-refractivity contribution in [1.82, 2.24) is 9.80 Å². The van der Waals surface area contributed by atoms with Crippen LogP contribution in [0.5, 0.6) is 0 Å². The quantitative estimate of drug-likeness (QED) is 0.810. The Balaban J connectivity index is 1.69. The summed E-state index contributed by atoms with van der Waals surface area (Å²) in [4.78, 5) is 28.6. The normalized spacial score (nSPS) is 29.4. The molecule has 2 amide bonds. The molecule has 20 heavy (non-hydrogen) atoms. The Morgan fingerprint density at radius 1 is 1.25 bits per heavy atom. The Morgan fingerprint density at radius 3 is 2.70 bits per heavy atom. The maximum absolute atomic E-state index is 12.9. The number of fused-ring (bicyclic) bond motifs is 1. The molecule has 0 radical (unpaired) electrons. The van der Waals surface area contributed by atoms with Crippen LogP contribution in [0.25, 0.3) is 0 Å². The highest BCUT2D eigenvalue weighted by Gasteiger charge is 2.44. The predicted octanol–water partition coefficient (Wildman–Crippen LogP) is 0.729. The minimum atomic E-state index is -0.316. The van der Waals surface area contributed by atoms with Crippen molar-refractivity contribution in [3.8, 4) is 0 Å². The fourth-order valence-corrected chi connectivity index (χ4v) is 4.12. The molecular weight excluding hydrogens is 254 g/mol. The fourth-order valence-electron chi connectivity index (χ4n) is 4.12. The van der Waals surface area contributed by atoms with Gasteiger partial charge in [-0.15, -0.1) is 0 Å². The first-order valence-corrected chi connectivity index (χ1v) is 7.95. The molecule has 2 N–H and O–H groups in total. The summed E-state index contributed by atoms with van der Waals surface area (Å²) < 4.78 is 0. The van der Waals surface area contributed by atoms with E-state index in [0.717, 1.165) is 32.1 Å². The third kappa shape index (κ3) is 2.22. The number of piperazine rings is 1. The molecule has 5 nitrogen and oxygen atoms in total. The highest BCUT2D eigenvalue weighted by atomic mass is 16.2. The number of amides is 2. The molecule has 3 fully saturated rings. The van der Waals surface area contributed by atoms with Crippen LogP contribution in [0.15, 0.2) is 0 Å². The molecule has 0 bridgehead atoms. The van der Waals surface area contributed by atoms with Gasteiger partial charge in [-0.2, -0.15) is 0 Å². The van der Waals surface area contributed by atoms with Crippen LogP contribution < -0.4 is 5.73 Å². The molecule has 112 valence electrons. The fraction of sp³-hybridized carbons (Fsp3) is 0.867. The van der Waals surface area contributed by atoms with Gasteiger partial charge in [-0.1, -0.05) is 19.3 Å². The average molecular weight is 279 g/mol.